The van der Waals surface area contributed by atoms with Gasteiger partial charge >= 0.3 is 0 Å². The summed E-state index contributed by atoms with van der Waals surface area (Å²) in [5, 5.41) is 17.3. The smallest absolute Gasteiger partial charge is 0.0924 e. The van der Waals surface area contributed by atoms with Gasteiger partial charge in [0.1, 0.15) is 0 Å². The predicted molar refractivity (Wildman–Crippen MR) is 86.7 cm³/mol. The van der Waals surface area contributed by atoms with E-state index in [2.05, 4.69) is 31.1 Å². The van der Waals surface area contributed by atoms with Crippen LogP contribution in [0.4, 0.5) is 0 Å². The molecule has 0 aliphatic carbocycles. The second-order valence-electron chi connectivity index (χ2n) is 6.56. The van der Waals surface area contributed by atoms with Crippen molar-refractivity contribution < 1.29 is 5.21 Å². The second-order valence-corrected chi connectivity index (χ2v) is 6.56. The summed E-state index contributed by atoms with van der Waals surface area (Å²) in [7, 11) is 0. The van der Waals surface area contributed by atoms with Crippen molar-refractivity contribution in [1.29, 1.82) is 0 Å². The van der Waals surface area contributed by atoms with Gasteiger partial charge in [0.2, 0.25) is 0 Å². The summed E-state index contributed by atoms with van der Waals surface area (Å²) in [6, 6.07) is 0. The molecule has 0 saturated heterocycles. The molecular formula is C17H33N3O. The molecule has 1 aromatic rings. The molecule has 0 fully saturated rings. The van der Waals surface area contributed by atoms with E-state index in [4.69, 9.17) is 0 Å². The van der Waals surface area contributed by atoms with E-state index in [0.717, 1.165) is 23.4 Å². The van der Waals surface area contributed by atoms with Crippen molar-refractivity contribution in [2.75, 3.05) is 0 Å². The summed E-state index contributed by atoms with van der Waals surface area (Å²) in [6.07, 6.45) is 15.5. The number of rotatable bonds is 12. The van der Waals surface area contributed by atoms with E-state index in [9.17, 15) is 5.21 Å². The molecular weight excluding hydrogens is 262 g/mol. The molecule has 0 saturated carbocycles. The van der Waals surface area contributed by atoms with Crippen LogP contribution in [0.5, 0.6) is 0 Å². The van der Waals surface area contributed by atoms with E-state index < -0.39 is 0 Å². The minimum atomic E-state index is 0.0565. The highest BCUT2D eigenvalue weighted by Gasteiger charge is 2.29. The minimum absolute atomic E-state index is 0.0565. The number of nitrogens with zero attached hydrogens (tertiary/aromatic N) is 3. The molecule has 0 aromatic carbocycles. The zero-order chi connectivity index (χ0) is 15.6. The van der Waals surface area contributed by atoms with Gasteiger partial charge in [-0.1, -0.05) is 83.4 Å². The molecule has 1 N–H and O–H groups in total. The highest BCUT2D eigenvalue weighted by atomic mass is 16.5. The first-order valence-electron chi connectivity index (χ1n) is 8.74. The third-order valence-electron chi connectivity index (χ3n) is 4.51. The summed E-state index contributed by atoms with van der Waals surface area (Å²) in [5.41, 5.74) is 0.998. The van der Waals surface area contributed by atoms with E-state index in [0.29, 0.717) is 0 Å². The van der Waals surface area contributed by atoms with Gasteiger partial charge < -0.3 is 5.21 Å². The van der Waals surface area contributed by atoms with Crippen LogP contribution in [0.3, 0.4) is 0 Å². The maximum absolute atomic E-state index is 9.41. The zero-order valence-electron chi connectivity index (χ0n) is 14.1. The molecule has 1 aromatic heterocycles. The molecule has 4 heteroatoms. The van der Waals surface area contributed by atoms with Crippen LogP contribution in [0.2, 0.25) is 0 Å². The Kier molecular flexibility index (Phi) is 8.40. The lowest BCUT2D eigenvalue weighted by Crippen LogP contribution is -2.22. The maximum atomic E-state index is 9.41. The van der Waals surface area contributed by atoms with Crippen LogP contribution in [0.15, 0.2) is 6.20 Å². The summed E-state index contributed by atoms with van der Waals surface area (Å²) in [5.74, 6) is 0. The van der Waals surface area contributed by atoms with Crippen LogP contribution >= 0.6 is 0 Å². The lowest BCUT2D eigenvalue weighted by molar-refractivity contribution is 0.143. The lowest BCUT2D eigenvalue weighted by Gasteiger charge is -2.27. The molecule has 21 heavy (non-hydrogen) atoms. The van der Waals surface area contributed by atoms with Gasteiger partial charge in [-0.3, -0.25) is 0 Å². The quantitative estimate of drug-likeness (QED) is 0.431. The molecule has 0 radical (unpaired) electrons. The van der Waals surface area contributed by atoms with Gasteiger partial charge in [0, 0.05) is 5.41 Å². The van der Waals surface area contributed by atoms with Gasteiger partial charge in [-0.2, -0.15) is 0 Å². The summed E-state index contributed by atoms with van der Waals surface area (Å²) >= 11 is 0. The Morgan fingerprint density at radius 1 is 0.952 bits per heavy atom. The van der Waals surface area contributed by atoms with Crippen molar-refractivity contribution >= 4 is 0 Å². The molecule has 0 aliphatic heterocycles. The number of aromatic nitrogens is 3. The van der Waals surface area contributed by atoms with E-state index in [1.807, 2.05) is 0 Å². The standard InChI is InChI=1S/C17H33N3O/c1-4-6-8-10-12-14-17(3,13-11-9-7-5-2)16-15-20(21)19-18-16/h15,21H,4-14H2,1-3H3. The average molecular weight is 295 g/mol. The van der Waals surface area contributed by atoms with Crippen molar-refractivity contribution in [2.45, 2.75) is 96.8 Å². The Morgan fingerprint density at radius 3 is 1.95 bits per heavy atom. The number of hydrogen-bond donors (Lipinski definition) is 1. The van der Waals surface area contributed by atoms with Crippen LogP contribution in [0.1, 0.15) is 97.1 Å². The lowest BCUT2D eigenvalue weighted by atomic mass is 9.77. The molecule has 1 heterocycles. The summed E-state index contributed by atoms with van der Waals surface area (Å²) < 4.78 is 0. The van der Waals surface area contributed by atoms with E-state index >= 15 is 0 Å². The van der Waals surface area contributed by atoms with E-state index in [-0.39, 0.29) is 5.41 Å². The molecule has 0 bridgehead atoms. The van der Waals surface area contributed by atoms with Gasteiger partial charge in [-0.05, 0) is 18.1 Å². The fourth-order valence-corrected chi connectivity index (χ4v) is 2.97. The largest absolute Gasteiger partial charge is 0.411 e. The van der Waals surface area contributed by atoms with Crippen molar-refractivity contribution in [2.24, 2.45) is 0 Å². The van der Waals surface area contributed by atoms with Gasteiger partial charge in [0.25, 0.3) is 0 Å². The molecule has 0 aliphatic rings. The molecule has 4 nitrogen and oxygen atoms in total. The molecule has 1 unspecified atom stereocenters. The fraction of sp³-hybridized carbons (Fsp3) is 0.882. The van der Waals surface area contributed by atoms with E-state index in [1.54, 1.807) is 6.20 Å². The van der Waals surface area contributed by atoms with Crippen molar-refractivity contribution in [3.05, 3.63) is 11.9 Å². The Bertz CT molecular complexity index is 378. The number of unbranched alkanes of at least 4 members (excludes halogenated alkanes) is 7. The summed E-state index contributed by atoms with van der Waals surface area (Å²) in [6.45, 7) is 6.77. The highest BCUT2D eigenvalue weighted by molar-refractivity contribution is 5.10. The molecule has 0 spiro atoms. The normalized spacial score (nSPS) is 14.2. The first kappa shape index (κ1) is 18.0. The van der Waals surface area contributed by atoms with Crippen LogP contribution < -0.4 is 0 Å². The minimum Gasteiger partial charge on any atom is -0.411 e. The van der Waals surface area contributed by atoms with Gasteiger partial charge in [-0.25, -0.2) is 0 Å². The van der Waals surface area contributed by atoms with E-state index in [1.165, 1.54) is 57.8 Å². The zero-order valence-corrected chi connectivity index (χ0v) is 14.1. The fourth-order valence-electron chi connectivity index (χ4n) is 2.97. The van der Waals surface area contributed by atoms with Crippen LogP contribution in [-0.2, 0) is 5.41 Å². The SMILES string of the molecule is CCCCCCCC(C)(CCCCCC)c1cn(O)nn1. The molecule has 1 rings (SSSR count). The Morgan fingerprint density at radius 2 is 1.48 bits per heavy atom. The van der Waals surface area contributed by atoms with Crippen LogP contribution in [0, 0.1) is 0 Å². The Labute approximate surface area is 129 Å². The average Bonchev–Trinajstić information content (AvgIpc) is 2.91. The Hall–Kier alpha value is -1.06. The van der Waals surface area contributed by atoms with Crippen LogP contribution in [-0.4, -0.2) is 20.4 Å². The molecule has 122 valence electrons. The predicted octanol–water partition coefficient (Wildman–Crippen LogP) is 5.10. The first-order chi connectivity index (χ1) is 10.1. The van der Waals surface area contributed by atoms with Gasteiger partial charge in [0.15, 0.2) is 0 Å². The third-order valence-corrected chi connectivity index (χ3v) is 4.51. The topological polar surface area (TPSA) is 50.9 Å². The number of hydrogen-bond acceptors (Lipinski definition) is 3. The van der Waals surface area contributed by atoms with Gasteiger partial charge in [-0.15, -0.1) is 5.10 Å². The maximum Gasteiger partial charge on any atom is 0.0924 e. The Balaban J connectivity index is 2.52. The molecule has 0 amide bonds. The van der Waals surface area contributed by atoms with Crippen LogP contribution in [0.25, 0.3) is 0 Å². The second kappa shape index (κ2) is 9.80. The van der Waals surface area contributed by atoms with Crippen molar-refractivity contribution in [1.82, 2.24) is 15.2 Å². The monoisotopic (exact) mass is 295 g/mol. The van der Waals surface area contributed by atoms with Crippen molar-refractivity contribution in [3.8, 4) is 0 Å². The summed E-state index contributed by atoms with van der Waals surface area (Å²) in [4.78, 5) is 0.844. The highest BCUT2D eigenvalue weighted by Crippen LogP contribution is 2.34. The first-order valence-corrected chi connectivity index (χ1v) is 8.74. The third kappa shape index (κ3) is 6.49. The van der Waals surface area contributed by atoms with Gasteiger partial charge in [0.05, 0.1) is 11.9 Å². The molecule has 1 atom stereocenters. The van der Waals surface area contributed by atoms with Crippen molar-refractivity contribution in [3.63, 3.8) is 0 Å².